The maximum atomic E-state index is 12.4. The van der Waals surface area contributed by atoms with Gasteiger partial charge < -0.3 is 0 Å². The highest BCUT2D eigenvalue weighted by Crippen LogP contribution is 2.13. The van der Waals surface area contributed by atoms with E-state index in [1.165, 1.54) is 0 Å². The molecule has 0 fully saturated rings. The molecule has 0 aromatic heterocycles. The van der Waals surface area contributed by atoms with Gasteiger partial charge in [0, 0.05) is 6.04 Å². The smallest absolute Gasteiger partial charge is 0.208 e. The second-order valence-corrected chi connectivity index (χ2v) is 7.19. The number of hydrogen-bond acceptors (Lipinski definition) is 2. The van der Waals surface area contributed by atoms with Crippen LogP contribution in [0.2, 0.25) is 0 Å². The van der Waals surface area contributed by atoms with Crippen molar-refractivity contribution >= 4 is 36.2 Å². The number of rotatable bonds is 7. The molecule has 0 amide bonds. The second-order valence-electron chi connectivity index (χ2n) is 4.90. The monoisotopic (exact) mass is 401 g/mol. The molecule has 1 N–H and O–H groups in total. The summed E-state index contributed by atoms with van der Waals surface area (Å²) < 4.78 is 27.6. The van der Waals surface area contributed by atoms with E-state index in [2.05, 4.69) is 14.0 Å². The first-order valence-electron chi connectivity index (χ1n) is 6.93. The Morgan fingerprint density at radius 3 is 2.05 bits per heavy atom. The van der Waals surface area contributed by atoms with Gasteiger partial charge in [-0.2, -0.15) is 0 Å². The minimum Gasteiger partial charge on any atom is -0.208 e. The Hall–Kier alpha value is -0.740. The van der Waals surface area contributed by atoms with Gasteiger partial charge in [0.2, 0.25) is 10.0 Å². The summed E-state index contributed by atoms with van der Waals surface area (Å²) in [6, 6.07) is 18.3. The molecule has 0 saturated carbocycles. The van der Waals surface area contributed by atoms with Crippen LogP contribution in [0.25, 0.3) is 0 Å². The molecule has 2 atom stereocenters. The average molecular weight is 402 g/mol. The largest absolute Gasteiger partial charge is 0.240 e. The minimum absolute atomic E-state index is 0. The van der Waals surface area contributed by atoms with Crippen molar-refractivity contribution in [1.29, 1.82) is 0 Å². The van der Waals surface area contributed by atoms with Crippen molar-refractivity contribution < 1.29 is 8.42 Å². The molecule has 0 heterocycles. The normalized spacial score (nSPS) is 12.4. The molecule has 0 aliphatic carbocycles. The highest BCUT2D eigenvalue weighted by Gasteiger charge is 2.19. The first kappa shape index (κ1) is 19.3. The molecule has 3 nitrogen and oxygen atoms in total. The van der Waals surface area contributed by atoms with Crippen LogP contribution in [0.5, 0.6) is 0 Å². The zero-order valence-electron chi connectivity index (χ0n) is 12.2. The molecule has 2 aromatic carbocycles. The minimum atomic E-state index is -3.46. The first-order valence-corrected chi connectivity index (χ1v) is 9.23. The average Bonchev–Trinajstić information content (AvgIpc) is 2.49. The molecule has 0 radical (unpaired) electrons. The van der Waals surface area contributed by atoms with E-state index in [9.17, 15) is 8.42 Å². The fourth-order valence-electron chi connectivity index (χ4n) is 2.19. The van der Waals surface area contributed by atoms with Gasteiger partial charge in [-0.25, -0.2) is 13.1 Å². The molecule has 0 bridgehead atoms. The predicted octanol–water partition coefficient (Wildman–Crippen LogP) is 3.42. The van der Waals surface area contributed by atoms with Crippen molar-refractivity contribution in [3.8, 4) is 0 Å². The first-order chi connectivity index (χ1) is 10.1. The fourth-order valence-corrected chi connectivity index (χ4v) is 3.88. The van der Waals surface area contributed by atoms with Crippen LogP contribution in [0.1, 0.15) is 12.0 Å². The second kappa shape index (κ2) is 9.41. The fraction of sp³-hybridized carbons (Fsp3) is 0.250. The maximum absolute atomic E-state index is 12.4. The van der Waals surface area contributed by atoms with E-state index in [4.69, 9.17) is 0 Å². The lowest BCUT2D eigenvalue weighted by atomic mass is 10.1. The molecule has 6 heteroatoms. The summed E-state index contributed by atoms with van der Waals surface area (Å²) in [7, 11) is -0.807. The van der Waals surface area contributed by atoms with Crippen LogP contribution >= 0.6 is 26.2 Å². The number of sulfonamides is 1. The Morgan fingerprint density at radius 2 is 1.50 bits per heavy atom. The molecule has 0 aliphatic rings. The summed E-state index contributed by atoms with van der Waals surface area (Å²) in [5.74, 6) is 0. The summed E-state index contributed by atoms with van der Waals surface area (Å²) >= 11 is 0. The summed E-state index contributed by atoms with van der Waals surface area (Å²) in [6.07, 6.45) is 2.34. The third-order valence-electron chi connectivity index (χ3n) is 3.22. The van der Waals surface area contributed by atoms with Crippen LogP contribution < -0.4 is 4.72 Å². The van der Waals surface area contributed by atoms with Gasteiger partial charge in [0.15, 0.2) is 0 Å². The van der Waals surface area contributed by atoms with E-state index in [0.29, 0.717) is 11.3 Å². The standard InChI is InChI=1S/C16H20NO2PS.BrH/c18-21(19,16-9-5-2-6-10-16)17-15(11-12-20)13-14-7-3-1-4-8-14;/h1-10,15,17H,11-13,20H2;1H. The molecule has 22 heavy (non-hydrogen) atoms. The van der Waals surface area contributed by atoms with Crippen molar-refractivity contribution in [2.24, 2.45) is 0 Å². The Bertz CT molecular complexity index is 650. The SMILES string of the molecule is Br.O=S(=O)(NC(CCP)Cc1ccccc1)c1ccccc1. The predicted molar refractivity (Wildman–Crippen MR) is 100 cm³/mol. The summed E-state index contributed by atoms with van der Waals surface area (Å²) in [5.41, 5.74) is 1.14. The van der Waals surface area contributed by atoms with Gasteiger partial charge in [0.05, 0.1) is 4.90 Å². The lowest BCUT2D eigenvalue weighted by Gasteiger charge is -2.18. The van der Waals surface area contributed by atoms with Gasteiger partial charge in [0.25, 0.3) is 0 Å². The van der Waals surface area contributed by atoms with Gasteiger partial charge in [0.1, 0.15) is 0 Å². The molecule has 120 valence electrons. The van der Waals surface area contributed by atoms with E-state index >= 15 is 0 Å². The van der Waals surface area contributed by atoms with Crippen molar-refractivity contribution in [1.82, 2.24) is 4.72 Å². The Balaban J connectivity index is 0.00000242. The van der Waals surface area contributed by atoms with Crippen LogP contribution in [-0.2, 0) is 16.4 Å². The van der Waals surface area contributed by atoms with Gasteiger partial charge >= 0.3 is 0 Å². The molecule has 2 unspecified atom stereocenters. The van der Waals surface area contributed by atoms with Gasteiger partial charge in [-0.3, -0.25) is 0 Å². The molecule has 0 aliphatic heterocycles. The van der Waals surface area contributed by atoms with E-state index in [1.54, 1.807) is 24.3 Å². The Kier molecular flexibility index (Phi) is 8.26. The zero-order chi connectivity index (χ0) is 15.1. The molecule has 2 rings (SSSR count). The van der Waals surface area contributed by atoms with E-state index in [0.717, 1.165) is 18.1 Å². The topological polar surface area (TPSA) is 46.2 Å². The third kappa shape index (κ3) is 5.81. The highest BCUT2D eigenvalue weighted by molar-refractivity contribution is 8.93. The van der Waals surface area contributed by atoms with Crippen LogP contribution in [0.15, 0.2) is 65.6 Å². The van der Waals surface area contributed by atoms with Crippen LogP contribution in [0, 0.1) is 0 Å². The van der Waals surface area contributed by atoms with Crippen molar-refractivity contribution in [2.75, 3.05) is 6.16 Å². The Labute approximate surface area is 145 Å². The zero-order valence-corrected chi connectivity index (χ0v) is 15.9. The quantitative estimate of drug-likeness (QED) is 0.722. The number of halogens is 1. The van der Waals surface area contributed by atoms with Crippen molar-refractivity contribution in [3.05, 3.63) is 66.2 Å². The number of benzene rings is 2. The maximum Gasteiger partial charge on any atom is 0.240 e. The third-order valence-corrected chi connectivity index (χ3v) is 5.09. The summed E-state index contributed by atoms with van der Waals surface area (Å²) in [6.45, 7) is 0. The van der Waals surface area contributed by atoms with Crippen molar-refractivity contribution in [2.45, 2.75) is 23.8 Å². The molecular formula is C16H21BrNO2PS. The van der Waals surface area contributed by atoms with E-state index in [1.807, 2.05) is 36.4 Å². The van der Waals surface area contributed by atoms with Crippen LogP contribution in [-0.4, -0.2) is 20.6 Å². The van der Waals surface area contributed by atoms with Crippen LogP contribution in [0.4, 0.5) is 0 Å². The van der Waals surface area contributed by atoms with Gasteiger partial charge in [-0.1, -0.05) is 48.5 Å². The van der Waals surface area contributed by atoms with Gasteiger partial charge in [-0.05, 0) is 36.7 Å². The summed E-state index contributed by atoms with van der Waals surface area (Å²) in [5, 5.41) is 0. The Morgan fingerprint density at radius 1 is 0.955 bits per heavy atom. The van der Waals surface area contributed by atoms with Crippen LogP contribution in [0.3, 0.4) is 0 Å². The van der Waals surface area contributed by atoms with E-state index < -0.39 is 10.0 Å². The lowest BCUT2D eigenvalue weighted by molar-refractivity contribution is 0.539. The summed E-state index contributed by atoms with van der Waals surface area (Å²) in [4.78, 5) is 0.312. The molecule has 0 spiro atoms. The number of nitrogens with one attached hydrogen (secondary N) is 1. The number of hydrogen-bond donors (Lipinski definition) is 1. The van der Waals surface area contributed by atoms with Gasteiger partial charge in [-0.15, -0.1) is 26.2 Å². The lowest BCUT2D eigenvalue weighted by Crippen LogP contribution is -2.36. The van der Waals surface area contributed by atoms with E-state index in [-0.39, 0.29) is 23.0 Å². The molecular weight excluding hydrogens is 381 g/mol. The van der Waals surface area contributed by atoms with Crippen molar-refractivity contribution in [3.63, 3.8) is 0 Å². The molecule has 0 saturated heterocycles. The molecule has 2 aromatic rings. The highest BCUT2D eigenvalue weighted by atomic mass is 79.9.